The second kappa shape index (κ2) is 6.28. The Bertz CT molecular complexity index is 324. The van der Waals surface area contributed by atoms with Crippen molar-refractivity contribution in [2.75, 3.05) is 13.6 Å². The van der Waals surface area contributed by atoms with Crippen LogP contribution in [0.4, 0.5) is 0 Å². The van der Waals surface area contributed by atoms with Gasteiger partial charge < -0.3 is 10.6 Å². The van der Waals surface area contributed by atoms with Crippen LogP contribution in [0.15, 0.2) is 30.3 Å². The van der Waals surface area contributed by atoms with E-state index < -0.39 is 6.04 Å². The van der Waals surface area contributed by atoms with Gasteiger partial charge in [0.2, 0.25) is 5.91 Å². The Kier molecular flexibility index (Phi) is 4.99. The molecule has 3 nitrogen and oxygen atoms in total. The van der Waals surface area contributed by atoms with Crippen molar-refractivity contribution in [3.8, 4) is 0 Å². The van der Waals surface area contributed by atoms with Crippen LogP contribution < -0.4 is 5.73 Å². The molecule has 88 valence electrons. The zero-order valence-corrected chi connectivity index (χ0v) is 10.0. The summed E-state index contributed by atoms with van der Waals surface area (Å²) >= 11 is 0. The first kappa shape index (κ1) is 12.7. The van der Waals surface area contributed by atoms with Crippen LogP contribution in [0.5, 0.6) is 0 Å². The number of nitrogens with two attached hydrogens (primary N) is 1. The fraction of sp³-hybridized carbons (Fsp3) is 0.462. The third kappa shape index (κ3) is 3.66. The number of hydrogen-bond donors (Lipinski definition) is 1. The van der Waals surface area contributed by atoms with Crippen molar-refractivity contribution in [1.82, 2.24) is 4.90 Å². The molecule has 0 aliphatic carbocycles. The molecule has 0 unspecified atom stereocenters. The van der Waals surface area contributed by atoms with Gasteiger partial charge in [0.15, 0.2) is 0 Å². The molecule has 0 saturated heterocycles. The van der Waals surface area contributed by atoms with Gasteiger partial charge in [-0.15, -0.1) is 0 Å². The number of carbonyl (C=O) groups is 1. The molecule has 1 rings (SSSR count). The third-order valence-electron chi connectivity index (χ3n) is 2.55. The van der Waals surface area contributed by atoms with E-state index in [-0.39, 0.29) is 5.91 Å². The van der Waals surface area contributed by atoms with Gasteiger partial charge in [-0.2, -0.15) is 0 Å². The summed E-state index contributed by atoms with van der Waals surface area (Å²) < 4.78 is 0. The molecule has 3 heteroatoms. The summed E-state index contributed by atoms with van der Waals surface area (Å²) in [6.07, 6.45) is 1.56. The van der Waals surface area contributed by atoms with E-state index in [4.69, 9.17) is 5.73 Å². The van der Waals surface area contributed by atoms with Crippen LogP contribution in [0.1, 0.15) is 18.9 Å². The molecule has 0 radical (unpaired) electrons. The van der Waals surface area contributed by atoms with Crippen molar-refractivity contribution in [3.63, 3.8) is 0 Å². The molecular weight excluding hydrogens is 200 g/mol. The second-order valence-electron chi connectivity index (χ2n) is 4.06. The number of rotatable bonds is 5. The molecular formula is C13H20N2O. The average molecular weight is 220 g/mol. The standard InChI is InChI=1S/C13H20N2O/c1-3-9-15(2)13(16)12(14)10-11-7-5-4-6-8-11/h4-8,12H,3,9-10,14H2,1-2H3/t12-/m1/s1. The molecule has 0 bridgehead atoms. The number of carbonyl (C=O) groups excluding carboxylic acids is 1. The molecule has 0 heterocycles. The molecule has 2 N–H and O–H groups in total. The Morgan fingerprint density at radius 3 is 2.56 bits per heavy atom. The zero-order valence-electron chi connectivity index (χ0n) is 10.0. The molecule has 1 aromatic rings. The predicted molar refractivity (Wildman–Crippen MR) is 66.0 cm³/mol. The summed E-state index contributed by atoms with van der Waals surface area (Å²) in [5, 5.41) is 0. The van der Waals surface area contributed by atoms with Gasteiger partial charge in [0.05, 0.1) is 6.04 Å². The van der Waals surface area contributed by atoms with Crippen molar-refractivity contribution in [3.05, 3.63) is 35.9 Å². The molecule has 1 atom stereocenters. The fourth-order valence-electron chi connectivity index (χ4n) is 1.68. The Morgan fingerprint density at radius 1 is 1.38 bits per heavy atom. The highest BCUT2D eigenvalue weighted by molar-refractivity contribution is 5.81. The van der Waals surface area contributed by atoms with E-state index in [9.17, 15) is 4.79 Å². The monoisotopic (exact) mass is 220 g/mol. The molecule has 1 aromatic carbocycles. The Hall–Kier alpha value is -1.35. The second-order valence-corrected chi connectivity index (χ2v) is 4.06. The van der Waals surface area contributed by atoms with Crippen LogP contribution in [0.3, 0.4) is 0 Å². The number of likely N-dealkylation sites (N-methyl/N-ethyl adjacent to an activating group) is 1. The quantitative estimate of drug-likeness (QED) is 0.816. The van der Waals surface area contributed by atoms with E-state index in [1.807, 2.05) is 37.3 Å². The highest BCUT2D eigenvalue weighted by Crippen LogP contribution is 2.03. The molecule has 0 aliphatic heterocycles. The topological polar surface area (TPSA) is 46.3 Å². The third-order valence-corrected chi connectivity index (χ3v) is 2.55. The van der Waals surface area contributed by atoms with Crippen molar-refractivity contribution >= 4 is 5.91 Å². The van der Waals surface area contributed by atoms with Gasteiger partial charge in [0.1, 0.15) is 0 Å². The van der Waals surface area contributed by atoms with E-state index in [1.165, 1.54) is 0 Å². The van der Waals surface area contributed by atoms with Gasteiger partial charge in [0, 0.05) is 13.6 Å². The highest BCUT2D eigenvalue weighted by Gasteiger charge is 2.17. The normalized spacial score (nSPS) is 12.2. The average Bonchev–Trinajstić information content (AvgIpc) is 2.29. The van der Waals surface area contributed by atoms with E-state index in [0.29, 0.717) is 6.42 Å². The molecule has 0 spiro atoms. The maximum atomic E-state index is 11.8. The lowest BCUT2D eigenvalue weighted by Gasteiger charge is -2.20. The van der Waals surface area contributed by atoms with Crippen LogP contribution in [-0.2, 0) is 11.2 Å². The highest BCUT2D eigenvalue weighted by atomic mass is 16.2. The van der Waals surface area contributed by atoms with E-state index >= 15 is 0 Å². The maximum Gasteiger partial charge on any atom is 0.239 e. The molecule has 1 amide bonds. The summed E-state index contributed by atoms with van der Waals surface area (Å²) in [5.74, 6) is 0.0192. The summed E-state index contributed by atoms with van der Waals surface area (Å²) in [7, 11) is 1.80. The van der Waals surface area contributed by atoms with Crippen LogP contribution in [0.25, 0.3) is 0 Å². The van der Waals surface area contributed by atoms with Crippen LogP contribution in [0, 0.1) is 0 Å². The number of amides is 1. The fourth-order valence-corrected chi connectivity index (χ4v) is 1.68. The molecule has 0 fully saturated rings. The number of benzene rings is 1. The van der Waals surface area contributed by atoms with Gasteiger partial charge in [-0.3, -0.25) is 4.79 Å². The maximum absolute atomic E-state index is 11.8. The zero-order chi connectivity index (χ0) is 12.0. The predicted octanol–water partition coefficient (Wildman–Crippen LogP) is 1.42. The van der Waals surface area contributed by atoms with Gasteiger partial charge >= 0.3 is 0 Å². The first-order valence-electron chi connectivity index (χ1n) is 5.69. The van der Waals surface area contributed by atoms with Crippen LogP contribution >= 0.6 is 0 Å². The molecule has 16 heavy (non-hydrogen) atoms. The SMILES string of the molecule is CCCN(C)C(=O)[C@H](N)Cc1ccccc1. The van der Waals surface area contributed by atoms with E-state index in [2.05, 4.69) is 0 Å². The van der Waals surface area contributed by atoms with Crippen molar-refractivity contribution < 1.29 is 4.79 Å². The molecule has 0 aromatic heterocycles. The number of nitrogens with zero attached hydrogens (tertiary/aromatic N) is 1. The van der Waals surface area contributed by atoms with Crippen molar-refractivity contribution in [2.45, 2.75) is 25.8 Å². The van der Waals surface area contributed by atoms with E-state index in [0.717, 1.165) is 18.5 Å². The molecule has 0 aliphatic rings. The Balaban J connectivity index is 2.52. The lowest BCUT2D eigenvalue weighted by atomic mass is 10.1. The van der Waals surface area contributed by atoms with Gasteiger partial charge in [-0.1, -0.05) is 37.3 Å². The lowest BCUT2D eigenvalue weighted by molar-refractivity contribution is -0.131. The van der Waals surface area contributed by atoms with Crippen LogP contribution in [0.2, 0.25) is 0 Å². The smallest absolute Gasteiger partial charge is 0.239 e. The first-order valence-corrected chi connectivity index (χ1v) is 5.69. The number of hydrogen-bond acceptors (Lipinski definition) is 2. The van der Waals surface area contributed by atoms with Crippen LogP contribution in [-0.4, -0.2) is 30.4 Å². The lowest BCUT2D eigenvalue weighted by Crippen LogP contribution is -2.43. The minimum absolute atomic E-state index is 0.0192. The van der Waals surface area contributed by atoms with Gasteiger partial charge in [0.25, 0.3) is 0 Å². The summed E-state index contributed by atoms with van der Waals surface area (Å²) in [6, 6.07) is 9.43. The summed E-state index contributed by atoms with van der Waals surface area (Å²) in [4.78, 5) is 13.5. The minimum Gasteiger partial charge on any atom is -0.344 e. The summed E-state index contributed by atoms with van der Waals surface area (Å²) in [5.41, 5.74) is 6.99. The minimum atomic E-state index is -0.432. The van der Waals surface area contributed by atoms with Gasteiger partial charge in [-0.05, 0) is 18.4 Å². The summed E-state index contributed by atoms with van der Waals surface area (Å²) in [6.45, 7) is 2.81. The van der Waals surface area contributed by atoms with Crippen molar-refractivity contribution in [1.29, 1.82) is 0 Å². The Morgan fingerprint density at radius 2 is 2.00 bits per heavy atom. The Labute approximate surface area is 97.2 Å². The largest absolute Gasteiger partial charge is 0.344 e. The molecule has 0 saturated carbocycles. The van der Waals surface area contributed by atoms with E-state index in [1.54, 1.807) is 11.9 Å². The van der Waals surface area contributed by atoms with Crippen molar-refractivity contribution in [2.24, 2.45) is 5.73 Å². The first-order chi connectivity index (χ1) is 7.65. The van der Waals surface area contributed by atoms with Gasteiger partial charge in [-0.25, -0.2) is 0 Å².